The van der Waals surface area contributed by atoms with E-state index in [2.05, 4.69) is 14.9 Å². The van der Waals surface area contributed by atoms with Crippen molar-refractivity contribution in [2.24, 2.45) is 11.8 Å². The monoisotopic (exact) mass is 480 g/mol. The van der Waals surface area contributed by atoms with Gasteiger partial charge >= 0.3 is 0 Å². The number of sulfonamides is 1. The van der Waals surface area contributed by atoms with E-state index in [0.717, 1.165) is 31.5 Å². The van der Waals surface area contributed by atoms with E-state index in [1.165, 1.54) is 0 Å². The summed E-state index contributed by atoms with van der Waals surface area (Å²) in [6.07, 6.45) is 2.93. The lowest BCUT2D eigenvalue weighted by atomic mass is 9.81. The molecule has 1 heterocycles. The van der Waals surface area contributed by atoms with Crippen LogP contribution in [0.5, 0.6) is 0 Å². The first-order valence-electron chi connectivity index (χ1n) is 11.7. The second-order valence-electron chi connectivity index (χ2n) is 9.05. The topological polar surface area (TPSA) is 119 Å². The highest BCUT2D eigenvalue weighted by molar-refractivity contribution is 7.89. The Labute approximate surface area is 196 Å². The lowest BCUT2D eigenvalue weighted by molar-refractivity contribution is -0.135. The van der Waals surface area contributed by atoms with Gasteiger partial charge in [0.15, 0.2) is 0 Å². The molecule has 1 saturated heterocycles. The van der Waals surface area contributed by atoms with Crippen LogP contribution in [0.15, 0.2) is 29.2 Å². The maximum atomic E-state index is 12.5. The number of carbonyl (C=O) groups excluding carboxylic acids is 2. The summed E-state index contributed by atoms with van der Waals surface area (Å²) in [6.45, 7) is 5.71. The zero-order chi connectivity index (χ0) is 23.8. The fraction of sp³-hybridized carbons (Fsp3) is 0.652. The van der Waals surface area contributed by atoms with E-state index < -0.39 is 10.0 Å². The minimum atomic E-state index is -3.53. The molecule has 3 rings (SSSR count). The van der Waals surface area contributed by atoms with Crippen LogP contribution in [0, 0.1) is 18.8 Å². The predicted molar refractivity (Wildman–Crippen MR) is 125 cm³/mol. The molecule has 1 aromatic rings. The molecule has 2 aliphatic rings. The summed E-state index contributed by atoms with van der Waals surface area (Å²) in [6, 6.07) is 6.77. The highest BCUT2D eigenvalue weighted by Gasteiger charge is 2.28. The molecule has 1 saturated carbocycles. The van der Waals surface area contributed by atoms with Gasteiger partial charge in [0, 0.05) is 45.2 Å². The maximum Gasteiger partial charge on any atom is 0.242 e. The summed E-state index contributed by atoms with van der Waals surface area (Å²) in [7, 11) is -3.53. The Morgan fingerprint density at radius 3 is 2.27 bits per heavy atom. The molecule has 0 unspecified atom stereocenters. The van der Waals surface area contributed by atoms with Gasteiger partial charge in [-0.05, 0) is 50.7 Å². The van der Waals surface area contributed by atoms with E-state index in [-0.39, 0.29) is 41.7 Å². The van der Waals surface area contributed by atoms with Crippen LogP contribution in [0.4, 0.5) is 0 Å². The smallest absolute Gasteiger partial charge is 0.242 e. The van der Waals surface area contributed by atoms with E-state index in [1.54, 1.807) is 29.2 Å². The molecular weight excluding hydrogens is 444 g/mol. The summed E-state index contributed by atoms with van der Waals surface area (Å²) in [5.41, 5.74) is 1.01. The molecule has 3 N–H and O–H groups in total. The first kappa shape index (κ1) is 25.6. The fourth-order valence-electron chi connectivity index (χ4n) is 4.44. The average molecular weight is 481 g/mol. The summed E-state index contributed by atoms with van der Waals surface area (Å²) in [4.78, 5) is 29.1. The zero-order valence-corrected chi connectivity index (χ0v) is 20.1. The number of rotatable bonds is 9. The fourth-order valence-corrected chi connectivity index (χ4v) is 5.55. The third kappa shape index (κ3) is 7.49. The maximum absolute atomic E-state index is 12.5. The molecule has 0 atom stereocenters. The number of piperazine rings is 1. The Kier molecular flexibility index (Phi) is 9.25. The number of hydrogen-bond acceptors (Lipinski definition) is 6. The van der Waals surface area contributed by atoms with Gasteiger partial charge in [0.25, 0.3) is 0 Å². The second kappa shape index (κ2) is 11.9. The van der Waals surface area contributed by atoms with Crippen molar-refractivity contribution in [2.45, 2.75) is 37.5 Å². The van der Waals surface area contributed by atoms with E-state index in [9.17, 15) is 18.0 Å². The average Bonchev–Trinajstić information content (AvgIpc) is 2.82. The molecule has 0 aromatic heterocycles. The standard InChI is InChI=1S/C23H36N4O5S/c1-18-2-8-21(9-3-18)33(31,32)25-16-19-4-6-20(7-5-19)23(30)24-17-22(29)27-12-10-26(11-13-27)14-15-28/h2-3,8-9,19-20,25,28H,4-7,10-17H2,1H3,(H,24,30). The van der Waals surface area contributed by atoms with Gasteiger partial charge in [-0.2, -0.15) is 0 Å². The SMILES string of the molecule is Cc1ccc(S(=O)(=O)NCC2CCC(C(=O)NCC(=O)N3CCN(CCO)CC3)CC2)cc1. The molecule has 10 heteroatoms. The number of carbonyl (C=O) groups is 2. The number of β-amino-alcohol motifs (C(OH)–C–C–N with tert-alkyl or cyclic N) is 1. The lowest BCUT2D eigenvalue weighted by Gasteiger charge is -2.34. The molecule has 0 radical (unpaired) electrons. The number of nitrogens with zero attached hydrogens (tertiary/aromatic N) is 2. The van der Waals surface area contributed by atoms with Gasteiger partial charge in [-0.3, -0.25) is 14.5 Å². The molecule has 33 heavy (non-hydrogen) atoms. The highest BCUT2D eigenvalue weighted by Crippen LogP contribution is 2.29. The van der Waals surface area contributed by atoms with Crippen LogP contribution in [-0.2, 0) is 19.6 Å². The van der Waals surface area contributed by atoms with Crippen LogP contribution in [0.3, 0.4) is 0 Å². The number of aryl methyl sites for hydroxylation is 1. The second-order valence-corrected chi connectivity index (χ2v) is 10.8. The molecule has 0 bridgehead atoms. The quantitative estimate of drug-likeness (QED) is 0.469. The number of nitrogens with one attached hydrogen (secondary N) is 2. The molecule has 9 nitrogen and oxygen atoms in total. The van der Waals surface area contributed by atoms with Gasteiger partial charge in [0.05, 0.1) is 18.0 Å². The number of aliphatic hydroxyl groups excluding tert-OH is 1. The normalized spacial score (nSPS) is 22.2. The van der Waals surface area contributed by atoms with Gasteiger partial charge in [-0.25, -0.2) is 13.1 Å². The Bertz CT molecular complexity index is 890. The van der Waals surface area contributed by atoms with Gasteiger partial charge < -0.3 is 15.3 Å². The Morgan fingerprint density at radius 1 is 1.03 bits per heavy atom. The van der Waals surface area contributed by atoms with Crippen LogP contribution < -0.4 is 10.0 Å². The van der Waals surface area contributed by atoms with Crippen molar-refractivity contribution in [3.63, 3.8) is 0 Å². The molecule has 1 aromatic carbocycles. The molecular formula is C23H36N4O5S. The van der Waals surface area contributed by atoms with Crippen molar-refractivity contribution in [1.29, 1.82) is 0 Å². The first-order valence-corrected chi connectivity index (χ1v) is 13.2. The predicted octanol–water partition coefficient (Wildman–Crippen LogP) is 0.332. The van der Waals surface area contributed by atoms with Crippen molar-refractivity contribution >= 4 is 21.8 Å². The van der Waals surface area contributed by atoms with E-state index in [1.807, 2.05) is 6.92 Å². The zero-order valence-electron chi connectivity index (χ0n) is 19.3. The third-order valence-corrected chi connectivity index (χ3v) is 8.11. The van der Waals surface area contributed by atoms with Crippen molar-refractivity contribution in [3.05, 3.63) is 29.8 Å². The minimum Gasteiger partial charge on any atom is -0.395 e. The van der Waals surface area contributed by atoms with Gasteiger partial charge in [-0.15, -0.1) is 0 Å². The van der Waals surface area contributed by atoms with Crippen molar-refractivity contribution in [2.75, 3.05) is 52.4 Å². The van der Waals surface area contributed by atoms with Gasteiger partial charge in [0.2, 0.25) is 21.8 Å². The lowest BCUT2D eigenvalue weighted by Crippen LogP contribution is -2.52. The molecule has 0 spiro atoms. The first-order chi connectivity index (χ1) is 15.8. The molecule has 1 aliphatic carbocycles. The molecule has 184 valence electrons. The number of benzene rings is 1. The largest absolute Gasteiger partial charge is 0.395 e. The highest BCUT2D eigenvalue weighted by atomic mass is 32.2. The number of aliphatic hydroxyl groups is 1. The Balaban J connectivity index is 1.35. The van der Waals surface area contributed by atoms with Gasteiger partial charge in [-0.1, -0.05) is 17.7 Å². The van der Waals surface area contributed by atoms with Crippen LogP contribution >= 0.6 is 0 Å². The molecule has 1 aliphatic heterocycles. The van der Waals surface area contributed by atoms with E-state index in [0.29, 0.717) is 39.0 Å². The van der Waals surface area contributed by atoms with Crippen LogP contribution in [0.25, 0.3) is 0 Å². The summed E-state index contributed by atoms with van der Waals surface area (Å²) >= 11 is 0. The van der Waals surface area contributed by atoms with Crippen molar-refractivity contribution < 1.29 is 23.1 Å². The molecule has 2 amide bonds. The summed E-state index contributed by atoms with van der Waals surface area (Å²) < 4.78 is 27.6. The van der Waals surface area contributed by atoms with Crippen LogP contribution in [0.2, 0.25) is 0 Å². The number of amides is 2. The Hall–Kier alpha value is -2.01. The van der Waals surface area contributed by atoms with Crippen molar-refractivity contribution in [1.82, 2.24) is 19.8 Å². The third-order valence-electron chi connectivity index (χ3n) is 6.67. The van der Waals surface area contributed by atoms with E-state index in [4.69, 9.17) is 5.11 Å². The number of hydrogen-bond donors (Lipinski definition) is 3. The van der Waals surface area contributed by atoms with Crippen LogP contribution in [0.1, 0.15) is 31.2 Å². The molecule has 2 fully saturated rings. The van der Waals surface area contributed by atoms with E-state index >= 15 is 0 Å². The van der Waals surface area contributed by atoms with Crippen LogP contribution in [-0.4, -0.2) is 87.6 Å². The Morgan fingerprint density at radius 2 is 1.67 bits per heavy atom. The summed E-state index contributed by atoms with van der Waals surface area (Å²) in [5.74, 6) is -0.109. The van der Waals surface area contributed by atoms with Crippen molar-refractivity contribution in [3.8, 4) is 0 Å². The van der Waals surface area contributed by atoms with Gasteiger partial charge in [0.1, 0.15) is 0 Å². The minimum absolute atomic E-state index is 0.00904. The summed E-state index contributed by atoms with van der Waals surface area (Å²) in [5, 5.41) is 11.8.